The third-order valence-corrected chi connectivity index (χ3v) is 5.90. The van der Waals surface area contributed by atoms with Crippen LogP contribution >= 0.6 is 0 Å². The van der Waals surface area contributed by atoms with Gasteiger partial charge in [-0.05, 0) is 54.7 Å². The van der Waals surface area contributed by atoms with Crippen LogP contribution < -0.4 is 0 Å². The third kappa shape index (κ3) is 3.28. The van der Waals surface area contributed by atoms with Gasteiger partial charge in [0.2, 0.25) is 5.91 Å². The number of hydrogen-bond acceptors (Lipinski definition) is 4. The summed E-state index contributed by atoms with van der Waals surface area (Å²) in [6.45, 7) is 2.72. The van der Waals surface area contributed by atoms with Crippen LogP contribution in [0.1, 0.15) is 55.2 Å². The fraction of sp³-hybridized carbons (Fsp3) is 0.650. The Kier molecular flexibility index (Phi) is 4.47. The zero-order valence-electron chi connectivity index (χ0n) is 14.7. The summed E-state index contributed by atoms with van der Waals surface area (Å²) in [7, 11) is 0. The highest BCUT2D eigenvalue weighted by molar-refractivity contribution is 5.86. The largest absolute Gasteiger partial charge is 0.376 e. The molecule has 0 saturated heterocycles. The Bertz CT molecular complexity index is 699. The zero-order valence-corrected chi connectivity index (χ0v) is 14.7. The molecular weight excluding hydrogens is 314 g/mol. The normalized spacial score (nSPS) is 21.6. The predicted octanol–water partition coefficient (Wildman–Crippen LogP) is 2.98. The van der Waals surface area contributed by atoms with Gasteiger partial charge in [0.25, 0.3) is 0 Å². The number of fused-ring (bicyclic) bond motifs is 1. The lowest BCUT2D eigenvalue weighted by molar-refractivity contribution is -0.139. The summed E-state index contributed by atoms with van der Waals surface area (Å²) in [6.07, 6.45) is 10.6. The summed E-state index contributed by atoms with van der Waals surface area (Å²) >= 11 is 0. The van der Waals surface area contributed by atoms with E-state index in [9.17, 15) is 10.1 Å². The van der Waals surface area contributed by atoms with Gasteiger partial charge in [0, 0.05) is 32.1 Å². The van der Waals surface area contributed by atoms with Crippen molar-refractivity contribution in [2.45, 2.75) is 58.1 Å². The van der Waals surface area contributed by atoms with Crippen molar-refractivity contribution in [3.63, 3.8) is 0 Å². The third-order valence-electron chi connectivity index (χ3n) is 5.90. The van der Waals surface area contributed by atoms with Gasteiger partial charge in [0.1, 0.15) is 5.41 Å². The van der Waals surface area contributed by atoms with Crippen molar-refractivity contribution in [1.29, 1.82) is 5.26 Å². The van der Waals surface area contributed by atoms with Gasteiger partial charge in [0.05, 0.1) is 12.7 Å². The van der Waals surface area contributed by atoms with Crippen molar-refractivity contribution < 1.29 is 9.53 Å². The van der Waals surface area contributed by atoms with Crippen molar-refractivity contribution in [2.24, 2.45) is 11.3 Å². The van der Waals surface area contributed by atoms with Gasteiger partial charge >= 0.3 is 0 Å². The van der Waals surface area contributed by atoms with Crippen LogP contribution in [0.5, 0.6) is 0 Å². The summed E-state index contributed by atoms with van der Waals surface area (Å²) in [4.78, 5) is 19.2. The lowest BCUT2D eigenvalue weighted by Crippen LogP contribution is -2.44. The highest BCUT2D eigenvalue weighted by Gasteiger charge is 2.44. The standard InChI is InChI=1S/C20H25N3O2/c21-14-20(6-1-2-7-20)19(24)23-8-5-18-16(11-23)9-22-10-17(18)13-25-12-15-3-4-15/h9-10,15H,1-8,11-13H2. The van der Waals surface area contributed by atoms with Crippen LogP contribution in [0, 0.1) is 22.7 Å². The molecule has 2 heterocycles. The van der Waals surface area contributed by atoms with E-state index < -0.39 is 5.41 Å². The SMILES string of the molecule is N#CC1(C(=O)N2CCc3c(COCC4CC4)cncc3C2)CCCC1. The smallest absolute Gasteiger partial charge is 0.243 e. The van der Waals surface area contributed by atoms with E-state index in [1.807, 2.05) is 17.3 Å². The molecule has 0 unspecified atom stereocenters. The minimum atomic E-state index is -0.782. The first-order chi connectivity index (χ1) is 12.2. The second-order valence-electron chi connectivity index (χ2n) is 7.77. The summed E-state index contributed by atoms with van der Waals surface area (Å²) in [5.74, 6) is 0.780. The summed E-state index contributed by atoms with van der Waals surface area (Å²) in [5, 5.41) is 9.58. The molecule has 5 heteroatoms. The second-order valence-corrected chi connectivity index (χ2v) is 7.77. The van der Waals surface area contributed by atoms with Crippen molar-refractivity contribution in [1.82, 2.24) is 9.88 Å². The van der Waals surface area contributed by atoms with Gasteiger partial charge in [-0.15, -0.1) is 0 Å². The van der Waals surface area contributed by atoms with E-state index in [0.29, 0.717) is 32.5 Å². The van der Waals surface area contributed by atoms with Crippen molar-refractivity contribution >= 4 is 5.91 Å². The minimum Gasteiger partial charge on any atom is -0.376 e. The van der Waals surface area contributed by atoms with E-state index in [1.165, 1.54) is 18.4 Å². The monoisotopic (exact) mass is 339 g/mol. The molecule has 2 saturated carbocycles. The van der Waals surface area contributed by atoms with Gasteiger partial charge in [-0.1, -0.05) is 12.8 Å². The van der Waals surface area contributed by atoms with Crippen LogP contribution in [-0.4, -0.2) is 28.9 Å². The predicted molar refractivity (Wildman–Crippen MR) is 92.3 cm³/mol. The zero-order chi connectivity index (χ0) is 17.3. The molecule has 1 aromatic heterocycles. The maximum Gasteiger partial charge on any atom is 0.243 e. The minimum absolute atomic E-state index is 0.0218. The van der Waals surface area contributed by atoms with Crippen LogP contribution in [0.2, 0.25) is 0 Å². The first-order valence-corrected chi connectivity index (χ1v) is 9.45. The molecule has 2 fully saturated rings. The number of ether oxygens (including phenoxy) is 1. The number of rotatable bonds is 5. The highest BCUT2D eigenvalue weighted by atomic mass is 16.5. The Balaban J connectivity index is 1.46. The topological polar surface area (TPSA) is 66.2 Å². The van der Waals surface area contributed by atoms with Crippen molar-refractivity contribution in [2.75, 3.05) is 13.2 Å². The van der Waals surface area contributed by atoms with Crippen molar-refractivity contribution in [3.8, 4) is 6.07 Å². The fourth-order valence-corrected chi connectivity index (χ4v) is 4.14. The van der Waals surface area contributed by atoms with E-state index >= 15 is 0 Å². The molecule has 0 radical (unpaired) electrons. The number of carbonyl (C=O) groups excluding carboxylic acids is 1. The molecule has 1 aliphatic heterocycles. The average Bonchev–Trinajstić information content (AvgIpc) is 3.34. The fourth-order valence-electron chi connectivity index (χ4n) is 4.14. The lowest BCUT2D eigenvalue weighted by Gasteiger charge is -2.34. The summed E-state index contributed by atoms with van der Waals surface area (Å²) in [5.41, 5.74) is 2.77. The molecule has 5 nitrogen and oxygen atoms in total. The van der Waals surface area contributed by atoms with Gasteiger partial charge in [-0.2, -0.15) is 5.26 Å². The maximum absolute atomic E-state index is 13.0. The lowest BCUT2D eigenvalue weighted by atomic mass is 9.85. The summed E-state index contributed by atoms with van der Waals surface area (Å²) in [6, 6.07) is 2.33. The summed E-state index contributed by atoms with van der Waals surface area (Å²) < 4.78 is 5.84. The molecule has 4 rings (SSSR count). The molecule has 0 aromatic carbocycles. The molecule has 1 amide bonds. The molecule has 0 spiro atoms. The molecule has 0 atom stereocenters. The Morgan fingerprint density at radius 1 is 1.36 bits per heavy atom. The molecule has 0 N–H and O–H groups in total. The number of amides is 1. The molecule has 0 bridgehead atoms. The number of carbonyl (C=O) groups is 1. The number of aromatic nitrogens is 1. The Hall–Kier alpha value is -1.93. The van der Waals surface area contributed by atoms with Crippen LogP contribution in [0.3, 0.4) is 0 Å². The maximum atomic E-state index is 13.0. The highest BCUT2D eigenvalue weighted by Crippen LogP contribution is 2.40. The Morgan fingerprint density at radius 2 is 2.16 bits per heavy atom. The molecule has 25 heavy (non-hydrogen) atoms. The van der Waals surface area contributed by atoms with Gasteiger partial charge in [-0.25, -0.2) is 0 Å². The Morgan fingerprint density at radius 3 is 2.88 bits per heavy atom. The van der Waals surface area contributed by atoms with E-state index in [1.54, 1.807) is 0 Å². The van der Waals surface area contributed by atoms with Crippen LogP contribution in [0.25, 0.3) is 0 Å². The van der Waals surface area contributed by atoms with Crippen LogP contribution in [0.4, 0.5) is 0 Å². The number of hydrogen-bond donors (Lipinski definition) is 0. The number of nitriles is 1. The first kappa shape index (κ1) is 16.5. The molecule has 3 aliphatic rings. The Labute approximate surface area is 149 Å². The van der Waals surface area contributed by atoms with E-state index in [-0.39, 0.29) is 5.91 Å². The number of pyridine rings is 1. The van der Waals surface area contributed by atoms with Crippen molar-refractivity contribution in [3.05, 3.63) is 29.1 Å². The molecule has 132 valence electrons. The average molecular weight is 339 g/mol. The molecular formula is C20H25N3O2. The van der Waals surface area contributed by atoms with E-state index in [2.05, 4.69) is 11.1 Å². The van der Waals surface area contributed by atoms with E-state index in [4.69, 9.17) is 4.74 Å². The van der Waals surface area contributed by atoms with Gasteiger partial charge in [0.15, 0.2) is 0 Å². The quantitative estimate of drug-likeness (QED) is 0.827. The molecule has 2 aliphatic carbocycles. The number of nitrogens with zero attached hydrogens (tertiary/aromatic N) is 3. The van der Waals surface area contributed by atoms with Gasteiger partial charge < -0.3 is 9.64 Å². The second kappa shape index (κ2) is 6.76. The first-order valence-electron chi connectivity index (χ1n) is 9.45. The van der Waals surface area contributed by atoms with Crippen LogP contribution in [-0.2, 0) is 29.1 Å². The molecule has 1 aromatic rings. The van der Waals surface area contributed by atoms with Gasteiger partial charge in [-0.3, -0.25) is 9.78 Å². The van der Waals surface area contributed by atoms with Crippen LogP contribution in [0.15, 0.2) is 12.4 Å². The van der Waals surface area contributed by atoms with E-state index in [0.717, 1.165) is 42.9 Å².